The first-order valence-corrected chi connectivity index (χ1v) is 7.71. The van der Waals surface area contributed by atoms with Crippen molar-refractivity contribution in [1.29, 1.82) is 0 Å². The normalized spacial score (nSPS) is 12.6. The van der Waals surface area contributed by atoms with Crippen LogP contribution in [-0.2, 0) is 10.0 Å². The van der Waals surface area contributed by atoms with Crippen LogP contribution in [0.25, 0.3) is 0 Å². The zero-order chi connectivity index (χ0) is 14.5. The van der Waals surface area contributed by atoms with Gasteiger partial charge >= 0.3 is 0 Å². The molecule has 1 aromatic carbocycles. The predicted octanol–water partition coefficient (Wildman–Crippen LogP) is 1.35. The maximum Gasteiger partial charge on any atom is 0.240 e. The third kappa shape index (κ3) is 5.18. The monoisotopic (exact) mass is 286 g/mol. The zero-order valence-corrected chi connectivity index (χ0v) is 12.2. The van der Waals surface area contributed by atoms with E-state index in [1.807, 2.05) is 13.8 Å². The van der Waals surface area contributed by atoms with Crippen LogP contribution in [0.4, 0.5) is 5.69 Å². The van der Waals surface area contributed by atoms with Crippen LogP contribution in [0.3, 0.4) is 0 Å². The summed E-state index contributed by atoms with van der Waals surface area (Å²) in [6.07, 6.45) is 1.42. The lowest BCUT2D eigenvalue weighted by molar-refractivity contribution is 0.242. The van der Waals surface area contributed by atoms with E-state index in [1.54, 1.807) is 12.1 Å². The van der Waals surface area contributed by atoms with Crippen molar-refractivity contribution in [3.8, 4) is 0 Å². The third-order valence-corrected chi connectivity index (χ3v) is 4.36. The molecule has 0 heterocycles. The van der Waals surface area contributed by atoms with Gasteiger partial charge in [0.05, 0.1) is 4.90 Å². The summed E-state index contributed by atoms with van der Waals surface area (Å²) in [5.41, 5.74) is 5.87. The second kappa shape index (κ2) is 6.36. The Labute approximate surface area is 114 Å². The van der Waals surface area contributed by atoms with Crippen molar-refractivity contribution in [3.63, 3.8) is 0 Å². The van der Waals surface area contributed by atoms with Crippen LogP contribution in [0, 0.1) is 5.41 Å². The Bertz CT molecular complexity index is 495. The molecule has 0 fully saturated rings. The van der Waals surface area contributed by atoms with Gasteiger partial charge in [0, 0.05) is 18.8 Å². The minimum atomic E-state index is -3.50. The first-order valence-electron chi connectivity index (χ1n) is 6.23. The Balaban J connectivity index is 2.68. The van der Waals surface area contributed by atoms with Crippen molar-refractivity contribution >= 4 is 15.7 Å². The number of sulfonamides is 1. The molecule has 5 nitrogen and oxygen atoms in total. The molecule has 0 saturated heterocycles. The molecule has 1 aromatic rings. The van der Waals surface area contributed by atoms with Crippen LogP contribution in [-0.4, -0.2) is 26.7 Å². The molecule has 0 saturated carbocycles. The van der Waals surface area contributed by atoms with Gasteiger partial charge in [0.25, 0.3) is 0 Å². The second-order valence-corrected chi connectivity index (χ2v) is 7.15. The molecule has 1 rings (SSSR count). The molecular formula is C13H22N2O3S. The van der Waals surface area contributed by atoms with Gasteiger partial charge in [-0.05, 0) is 42.5 Å². The number of nitrogens with two attached hydrogens (primary N) is 1. The van der Waals surface area contributed by atoms with Crippen molar-refractivity contribution in [1.82, 2.24) is 4.72 Å². The standard InChI is InChI=1S/C13H22N2O3S/c1-13(2,8-3-9-16)10-15-19(17,18)12-6-4-11(14)5-7-12/h4-7,15-16H,3,8-10,14H2,1-2H3. The van der Waals surface area contributed by atoms with Crippen molar-refractivity contribution in [2.75, 3.05) is 18.9 Å². The van der Waals surface area contributed by atoms with Gasteiger partial charge in [-0.1, -0.05) is 13.8 Å². The van der Waals surface area contributed by atoms with E-state index in [0.717, 1.165) is 6.42 Å². The highest BCUT2D eigenvalue weighted by Crippen LogP contribution is 2.22. The molecular weight excluding hydrogens is 264 g/mol. The number of benzene rings is 1. The number of rotatable bonds is 7. The van der Waals surface area contributed by atoms with Crippen LogP contribution in [0.15, 0.2) is 29.2 Å². The Morgan fingerprint density at radius 1 is 1.26 bits per heavy atom. The molecule has 0 aliphatic carbocycles. The largest absolute Gasteiger partial charge is 0.399 e. The van der Waals surface area contributed by atoms with E-state index in [1.165, 1.54) is 12.1 Å². The first-order chi connectivity index (χ1) is 8.77. The van der Waals surface area contributed by atoms with Gasteiger partial charge in [-0.25, -0.2) is 13.1 Å². The van der Waals surface area contributed by atoms with Crippen LogP contribution in [0.5, 0.6) is 0 Å². The third-order valence-electron chi connectivity index (χ3n) is 2.94. The minimum absolute atomic E-state index is 0.119. The lowest BCUT2D eigenvalue weighted by Gasteiger charge is -2.24. The number of nitrogen functional groups attached to an aromatic ring is 1. The number of aliphatic hydroxyl groups is 1. The van der Waals surface area contributed by atoms with E-state index >= 15 is 0 Å². The van der Waals surface area contributed by atoms with Crippen molar-refractivity contribution in [2.24, 2.45) is 5.41 Å². The predicted molar refractivity (Wildman–Crippen MR) is 76.1 cm³/mol. The first kappa shape index (κ1) is 15.9. The summed E-state index contributed by atoms with van der Waals surface area (Å²) in [7, 11) is -3.50. The smallest absolute Gasteiger partial charge is 0.240 e. The van der Waals surface area contributed by atoms with Gasteiger partial charge in [-0.15, -0.1) is 0 Å². The maximum atomic E-state index is 12.1. The zero-order valence-electron chi connectivity index (χ0n) is 11.4. The van der Waals surface area contributed by atoms with Crippen molar-refractivity contribution in [3.05, 3.63) is 24.3 Å². The highest BCUT2D eigenvalue weighted by molar-refractivity contribution is 7.89. The molecule has 0 spiro atoms. The molecule has 0 aliphatic rings. The van der Waals surface area contributed by atoms with E-state index in [-0.39, 0.29) is 16.9 Å². The molecule has 0 atom stereocenters. The van der Waals surface area contributed by atoms with E-state index < -0.39 is 10.0 Å². The number of hydrogen-bond donors (Lipinski definition) is 3. The van der Waals surface area contributed by atoms with Gasteiger partial charge in [0.15, 0.2) is 0 Å². The second-order valence-electron chi connectivity index (χ2n) is 5.38. The number of aliphatic hydroxyl groups excluding tert-OH is 1. The lowest BCUT2D eigenvalue weighted by Crippen LogP contribution is -2.34. The summed E-state index contributed by atoms with van der Waals surface area (Å²) in [6, 6.07) is 6.09. The topological polar surface area (TPSA) is 92.4 Å². The number of anilines is 1. The Kier molecular flexibility index (Phi) is 5.34. The summed E-state index contributed by atoms with van der Waals surface area (Å²) in [5.74, 6) is 0. The SMILES string of the molecule is CC(C)(CCCO)CNS(=O)(=O)c1ccc(N)cc1. The summed E-state index contributed by atoms with van der Waals surface area (Å²) < 4.78 is 26.7. The summed E-state index contributed by atoms with van der Waals surface area (Å²) >= 11 is 0. The lowest BCUT2D eigenvalue weighted by atomic mass is 9.88. The van der Waals surface area contributed by atoms with Gasteiger partial charge in [-0.3, -0.25) is 0 Å². The quantitative estimate of drug-likeness (QED) is 0.660. The maximum absolute atomic E-state index is 12.1. The van der Waals surface area contributed by atoms with E-state index in [9.17, 15) is 8.42 Å². The highest BCUT2D eigenvalue weighted by Gasteiger charge is 2.21. The molecule has 0 aliphatic heterocycles. The molecule has 0 unspecified atom stereocenters. The van der Waals surface area contributed by atoms with E-state index in [0.29, 0.717) is 18.7 Å². The fourth-order valence-corrected chi connectivity index (χ4v) is 2.91. The average molecular weight is 286 g/mol. The van der Waals surface area contributed by atoms with E-state index in [2.05, 4.69) is 4.72 Å². The average Bonchev–Trinajstić information content (AvgIpc) is 2.35. The molecule has 0 radical (unpaired) electrons. The van der Waals surface area contributed by atoms with Gasteiger partial charge in [0.1, 0.15) is 0 Å². The molecule has 108 valence electrons. The summed E-state index contributed by atoms with van der Waals surface area (Å²) in [4.78, 5) is 0.208. The molecule has 4 N–H and O–H groups in total. The number of nitrogens with one attached hydrogen (secondary N) is 1. The highest BCUT2D eigenvalue weighted by atomic mass is 32.2. The Hall–Kier alpha value is -1.11. The van der Waals surface area contributed by atoms with Gasteiger partial charge in [-0.2, -0.15) is 0 Å². The molecule has 0 amide bonds. The Morgan fingerprint density at radius 2 is 1.84 bits per heavy atom. The van der Waals surface area contributed by atoms with Crippen LogP contribution < -0.4 is 10.5 Å². The van der Waals surface area contributed by atoms with E-state index in [4.69, 9.17) is 10.8 Å². The Morgan fingerprint density at radius 3 is 2.37 bits per heavy atom. The fraction of sp³-hybridized carbons (Fsp3) is 0.538. The molecule has 0 bridgehead atoms. The summed E-state index contributed by atoms with van der Waals surface area (Å²) in [6.45, 7) is 4.39. The molecule has 0 aromatic heterocycles. The van der Waals surface area contributed by atoms with Crippen LogP contribution in [0.1, 0.15) is 26.7 Å². The van der Waals surface area contributed by atoms with Gasteiger partial charge < -0.3 is 10.8 Å². The van der Waals surface area contributed by atoms with Gasteiger partial charge in [0.2, 0.25) is 10.0 Å². The fourth-order valence-electron chi connectivity index (χ4n) is 1.67. The number of hydrogen-bond acceptors (Lipinski definition) is 4. The molecule has 19 heavy (non-hydrogen) atoms. The summed E-state index contributed by atoms with van der Waals surface area (Å²) in [5, 5.41) is 8.81. The molecule has 6 heteroatoms. The minimum Gasteiger partial charge on any atom is -0.399 e. The van der Waals surface area contributed by atoms with Crippen molar-refractivity contribution < 1.29 is 13.5 Å². The van der Waals surface area contributed by atoms with Crippen molar-refractivity contribution in [2.45, 2.75) is 31.6 Å². The van der Waals surface area contributed by atoms with Crippen LogP contribution in [0.2, 0.25) is 0 Å². The van der Waals surface area contributed by atoms with Crippen LogP contribution >= 0.6 is 0 Å².